The molecule has 0 bridgehead atoms. The van der Waals surface area contributed by atoms with E-state index in [0.717, 1.165) is 5.56 Å². The fraction of sp³-hybridized carbons (Fsp3) is 0.182. The van der Waals surface area contributed by atoms with E-state index in [1.807, 2.05) is 19.1 Å². The molecule has 0 unspecified atom stereocenters. The molecule has 0 radical (unpaired) electrons. The van der Waals surface area contributed by atoms with Gasteiger partial charge in [-0.05, 0) is 25.5 Å². The molecule has 16 heavy (non-hydrogen) atoms. The SMILES string of the molecule is Cc1ccc(-c2nc(C)c(Cl)c(Cl)n2)nc1. The van der Waals surface area contributed by atoms with Crippen LogP contribution in [0.1, 0.15) is 11.3 Å². The van der Waals surface area contributed by atoms with Gasteiger partial charge in [-0.2, -0.15) is 0 Å². The van der Waals surface area contributed by atoms with Crippen LogP contribution in [0.3, 0.4) is 0 Å². The zero-order valence-corrected chi connectivity index (χ0v) is 10.3. The van der Waals surface area contributed by atoms with Crippen LogP contribution in [0, 0.1) is 13.8 Å². The molecule has 0 saturated heterocycles. The Kier molecular flexibility index (Phi) is 3.08. The minimum atomic E-state index is 0.256. The summed E-state index contributed by atoms with van der Waals surface area (Å²) in [6.07, 6.45) is 1.76. The van der Waals surface area contributed by atoms with Crippen molar-refractivity contribution in [3.05, 3.63) is 39.8 Å². The number of aromatic nitrogens is 3. The number of aryl methyl sites for hydroxylation is 2. The van der Waals surface area contributed by atoms with E-state index in [-0.39, 0.29) is 5.15 Å². The first-order valence-corrected chi connectivity index (χ1v) is 5.46. The lowest BCUT2D eigenvalue weighted by atomic mass is 10.2. The molecule has 0 atom stereocenters. The van der Waals surface area contributed by atoms with Gasteiger partial charge in [0.05, 0.1) is 10.7 Å². The van der Waals surface area contributed by atoms with Crippen molar-refractivity contribution in [2.45, 2.75) is 13.8 Å². The third kappa shape index (κ3) is 2.15. The molecular formula is C11H9Cl2N3. The Balaban J connectivity index is 2.52. The summed E-state index contributed by atoms with van der Waals surface area (Å²) in [6.45, 7) is 3.76. The van der Waals surface area contributed by atoms with Gasteiger partial charge in [-0.1, -0.05) is 29.3 Å². The second-order valence-electron chi connectivity index (χ2n) is 3.46. The molecule has 0 saturated carbocycles. The summed E-state index contributed by atoms with van der Waals surface area (Å²) in [5.74, 6) is 0.493. The molecule has 0 aliphatic heterocycles. The minimum Gasteiger partial charge on any atom is -0.253 e. The number of nitrogens with zero attached hydrogens (tertiary/aromatic N) is 3. The third-order valence-electron chi connectivity index (χ3n) is 2.12. The van der Waals surface area contributed by atoms with Crippen molar-refractivity contribution in [2.75, 3.05) is 0 Å². The fourth-order valence-corrected chi connectivity index (χ4v) is 1.54. The molecule has 3 nitrogen and oxygen atoms in total. The van der Waals surface area contributed by atoms with Crippen molar-refractivity contribution in [3.8, 4) is 11.5 Å². The quantitative estimate of drug-likeness (QED) is 0.731. The van der Waals surface area contributed by atoms with Gasteiger partial charge in [0.1, 0.15) is 5.69 Å². The van der Waals surface area contributed by atoms with Gasteiger partial charge in [0, 0.05) is 6.20 Å². The number of pyridine rings is 1. The third-order valence-corrected chi connectivity index (χ3v) is 2.94. The molecule has 2 aromatic heterocycles. The first-order chi connectivity index (χ1) is 7.58. The van der Waals surface area contributed by atoms with Gasteiger partial charge in [0.2, 0.25) is 0 Å². The topological polar surface area (TPSA) is 38.7 Å². The van der Waals surface area contributed by atoms with Gasteiger partial charge in [0.15, 0.2) is 11.0 Å². The monoisotopic (exact) mass is 253 g/mol. The molecule has 0 aromatic carbocycles. The summed E-state index contributed by atoms with van der Waals surface area (Å²) in [5, 5.41) is 0.643. The molecule has 0 aliphatic carbocycles. The first-order valence-electron chi connectivity index (χ1n) is 4.70. The van der Waals surface area contributed by atoms with Crippen LogP contribution in [0.5, 0.6) is 0 Å². The fourth-order valence-electron chi connectivity index (χ4n) is 1.24. The van der Waals surface area contributed by atoms with Crippen LogP contribution < -0.4 is 0 Å². The summed E-state index contributed by atoms with van der Waals surface area (Å²) in [6, 6.07) is 3.80. The molecule has 0 aliphatic rings. The van der Waals surface area contributed by atoms with Crippen molar-refractivity contribution in [1.82, 2.24) is 15.0 Å². The highest BCUT2D eigenvalue weighted by Crippen LogP contribution is 2.24. The second-order valence-corrected chi connectivity index (χ2v) is 4.19. The maximum absolute atomic E-state index is 5.89. The van der Waals surface area contributed by atoms with Crippen LogP contribution >= 0.6 is 23.2 Å². The largest absolute Gasteiger partial charge is 0.253 e. The van der Waals surface area contributed by atoms with Gasteiger partial charge >= 0.3 is 0 Å². The summed E-state index contributed by atoms with van der Waals surface area (Å²) in [4.78, 5) is 12.6. The van der Waals surface area contributed by atoms with E-state index < -0.39 is 0 Å². The molecule has 5 heteroatoms. The zero-order valence-electron chi connectivity index (χ0n) is 8.83. The van der Waals surface area contributed by atoms with Crippen LogP contribution in [-0.2, 0) is 0 Å². The van der Waals surface area contributed by atoms with Gasteiger partial charge in [-0.3, -0.25) is 4.98 Å². The van der Waals surface area contributed by atoms with Crippen LogP contribution in [0.2, 0.25) is 10.2 Å². The molecule has 2 aromatic rings. The average Bonchev–Trinajstić information content (AvgIpc) is 2.26. The number of hydrogen-bond donors (Lipinski definition) is 0. The Bertz CT molecular complexity index is 500. The van der Waals surface area contributed by atoms with Crippen molar-refractivity contribution < 1.29 is 0 Å². The molecule has 0 spiro atoms. The molecular weight excluding hydrogens is 245 g/mol. The van der Waals surface area contributed by atoms with E-state index in [9.17, 15) is 0 Å². The second kappa shape index (κ2) is 4.36. The normalized spacial score (nSPS) is 10.5. The van der Waals surface area contributed by atoms with Crippen molar-refractivity contribution >= 4 is 23.2 Å². The van der Waals surface area contributed by atoms with Gasteiger partial charge < -0.3 is 0 Å². The van der Waals surface area contributed by atoms with E-state index in [1.54, 1.807) is 13.1 Å². The average molecular weight is 254 g/mol. The van der Waals surface area contributed by atoms with Crippen LogP contribution in [-0.4, -0.2) is 15.0 Å². The van der Waals surface area contributed by atoms with Crippen LogP contribution in [0.15, 0.2) is 18.3 Å². The molecule has 82 valence electrons. The summed E-state index contributed by atoms with van der Waals surface area (Å²) in [5.41, 5.74) is 2.42. The predicted molar refractivity (Wildman–Crippen MR) is 64.8 cm³/mol. The van der Waals surface area contributed by atoms with E-state index in [4.69, 9.17) is 23.2 Å². The smallest absolute Gasteiger partial charge is 0.179 e. The predicted octanol–water partition coefficient (Wildman–Crippen LogP) is 3.46. The lowest BCUT2D eigenvalue weighted by molar-refractivity contribution is 1.09. The Morgan fingerprint density at radius 1 is 1.06 bits per heavy atom. The summed E-state index contributed by atoms with van der Waals surface area (Å²) >= 11 is 11.8. The highest BCUT2D eigenvalue weighted by molar-refractivity contribution is 6.41. The standard InChI is InChI=1S/C11H9Cl2N3/c1-6-3-4-8(14-5-6)11-15-7(2)9(12)10(13)16-11/h3-5H,1-2H3. The lowest BCUT2D eigenvalue weighted by Crippen LogP contribution is -1.96. The maximum atomic E-state index is 5.89. The molecule has 0 amide bonds. The van der Waals surface area contributed by atoms with Gasteiger partial charge in [0.25, 0.3) is 0 Å². The Hall–Kier alpha value is -1.19. The van der Waals surface area contributed by atoms with E-state index >= 15 is 0 Å². The van der Waals surface area contributed by atoms with E-state index in [1.165, 1.54) is 0 Å². The molecule has 2 heterocycles. The van der Waals surface area contributed by atoms with Crippen LogP contribution in [0.4, 0.5) is 0 Å². The van der Waals surface area contributed by atoms with E-state index in [0.29, 0.717) is 22.2 Å². The summed E-state index contributed by atoms with van der Waals surface area (Å²) in [7, 11) is 0. The van der Waals surface area contributed by atoms with Crippen molar-refractivity contribution in [2.24, 2.45) is 0 Å². The minimum absolute atomic E-state index is 0.256. The van der Waals surface area contributed by atoms with E-state index in [2.05, 4.69) is 15.0 Å². The zero-order chi connectivity index (χ0) is 11.7. The van der Waals surface area contributed by atoms with Crippen molar-refractivity contribution in [1.29, 1.82) is 0 Å². The Morgan fingerprint density at radius 2 is 1.81 bits per heavy atom. The highest BCUT2D eigenvalue weighted by Gasteiger charge is 2.09. The molecule has 2 rings (SSSR count). The number of halogens is 2. The molecule has 0 N–H and O–H groups in total. The van der Waals surface area contributed by atoms with Crippen LogP contribution in [0.25, 0.3) is 11.5 Å². The Morgan fingerprint density at radius 3 is 2.38 bits per heavy atom. The highest BCUT2D eigenvalue weighted by atomic mass is 35.5. The summed E-state index contributed by atoms with van der Waals surface area (Å²) < 4.78 is 0. The lowest BCUT2D eigenvalue weighted by Gasteiger charge is -2.04. The van der Waals surface area contributed by atoms with Gasteiger partial charge in [-0.25, -0.2) is 9.97 Å². The van der Waals surface area contributed by atoms with Gasteiger partial charge in [-0.15, -0.1) is 0 Å². The Labute approximate surface area is 103 Å². The number of hydrogen-bond acceptors (Lipinski definition) is 3. The maximum Gasteiger partial charge on any atom is 0.179 e. The first kappa shape index (κ1) is 11.3. The molecule has 0 fully saturated rings. The number of rotatable bonds is 1. The van der Waals surface area contributed by atoms with Crippen molar-refractivity contribution in [3.63, 3.8) is 0 Å².